The van der Waals surface area contributed by atoms with Gasteiger partial charge in [-0.1, -0.05) is 0 Å². The van der Waals surface area contributed by atoms with Crippen LogP contribution in [-0.2, 0) is 10.4 Å². The molecule has 0 aliphatic carbocycles. The fraction of sp³-hybridized carbons (Fsp3) is 0. The summed E-state index contributed by atoms with van der Waals surface area (Å²) in [5, 5.41) is 0. The van der Waals surface area contributed by atoms with Crippen molar-refractivity contribution in [3.63, 3.8) is 0 Å². The van der Waals surface area contributed by atoms with E-state index in [1.165, 1.54) is 0 Å². The molecule has 0 rings (SSSR count). The second-order valence-corrected chi connectivity index (χ2v) is 1.34. The molecule has 0 saturated heterocycles. The molecule has 0 unspecified atom stereocenters. The van der Waals surface area contributed by atoms with Gasteiger partial charge in [-0.05, 0) is 0 Å². The number of rotatable bonds is 0. The molecule has 0 aromatic heterocycles. The molecule has 0 radical (unpaired) electrons. The van der Waals surface area contributed by atoms with Gasteiger partial charge in [0.1, 0.15) is 0 Å². The second-order valence-electron chi connectivity index (χ2n) is 0.448. The van der Waals surface area contributed by atoms with Crippen LogP contribution in [0.3, 0.4) is 0 Å². The van der Waals surface area contributed by atoms with Gasteiger partial charge in [-0.15, -0.1) is 0 Å². The first-order chi connectivity index (χ1) is 2.00. The first-order valence-electron chi connectivity index (χ1n) is 0.698. The molecule has 52 valence electrons. The molecule has 0 fully saturated rings. The zero-order valence-corrected chi connectivity index (χ0v) is 6.06. The molecule has 0 aromatic carbocycles. The fourth-order valence-corrected chi connectivity index (χ4v) is 0. The van der Waals surface area contributed by atoms with Crippen LogP contribution in [-0.4, -0.2) is 51.5 Å². The summed E-state index contributed by atoms with van der Waals surface area (Å²) in [6, 6.07) is 0. The van der Waals surface area contributed by atoms with E-state index in [2.05, 4.69) is 0 Å². The third-order valence-electron chi connectivity index (χ3n) is 0. The molecule has 0 bridgehead atoms. The molecular formula is H8MgO6S. The molecule has 0 heterocycles. The zero-order valence-electron chi connectivity index (χ0n) is 5.83. The van der Waals surface area contributed by atoms with Crippen LogP contribution in [0.1, 0.15) is 2.85 Å². The Hall–Kier alpha value is 0.556. The maximum atomic E-state index is 8.74. The quantitative estimate of drug-likeness (QED) is 0.300. The molecule has 0 amide bonds. The van der Waals surface area contributed by atoms with E-state index in [1.807, 2.05) is 0 Å². The average Bonchev–Trinajstić information content (AvgIpc) is 0.722. The molecule has 0 aromatic rings. The van der Waals surface area contributed by atoms with E-state index in [0.29, 0.717) is 0 Å². The van der Waals surface area contributed by atoms with E-state index in [-0.39, 0.29) is 36.9 Å². The zero-order chi connectivity index (χ0) is 4.50. The van der Waals surface area contributed by atoms with E-state index in [4.69, 9.17) is 17.5 Å². The first kappa shape index (κ1) is 23.5. The first-order valence-corrected chi connectivity index (χ1v) is 2.10. The van der Waals surface area contributed by atoms with Gasteiger partial charge in [-0.2, -0.15) is 8.42 Å². The van der Waals surface area contributed by atoms with Crippen molar-refractivity contribution in [1.82, 2.24) is 0 Å². The van der Waals surface area contributed by atoms with Crippen LogP contribution in [0.2, 0.25) is 0 Å². The molecule has 0 saturated carbocycles. The van der Waals surface area contributed by atoms with E-state index >= 15 is 0 Å². The number of hydrogen-bond acceptors (Lipinski definition) is 2. The monoisotopic (exact) mass is 160 g/mol. The van der Waals surface area contributed by atoms with Gasteiger partial charge in [0, 0.05) is 0 Å². The van der Waals surface area contributed by atoms with Gasteiger partial charge < -0.3 is 13.8 Å². The molecule has 0 atom stereocenters. The molecule has 6 nitrogen and oxygen atoms in total. The van der Waals surface area contributed by atoms with Crippen LogP contribution in [0.4, 0.5) is 0 Å². The van der Waals surface area contributed by atoms with Crippen LogP contribution in [0.15, 0.2) is 0 Å². The summed E-state index contributed by atoms with van der Waals surface area (Å²) in [6.45, 7) is 0. The van der Waals surface area contributed by atoms with E-state index in [0.717, 1.165) is 0 Å². The predicted molar refractivity (Wildman–Crippen MR) is 29.4 cm³/mol. The maximum Gasteiger partial charge on any atom is 2.00 e. The SMILES string of the molecule is O.O.O=S(=O)(O)O.[H-].[H-].[Mg+2]. The van der Waals surface area contributed by atoms with E-state index in [9.17, 15) is 0 Å². The summed E-state index contributed by atoms with van der Waals surface area (Å²) in [7, 11) is -4.67. The minimum Gasteiger partial charge on any atom is -1.00 e. The molecule has 0 aliphatic rings. The normalized spacial score (nSPS) is 7.25. The summed E-state index contributed by atoms with van der Waals surface area (Å²) >= 11 is 0. The van der Waals surface area contributed by atoms with Gasteiger partial charge in [-0.25, -0.2) is 0 Å². The Morgan fingerprint density at radius 1 is 1.12 bits per heavy atom. The third-order valence-corrected chi connectivity index (χ3v) is 0. The summed E-state index contributed by atoms with van der Waals surface area (Å²) in [5.41, 5.74) is 0. The smallest absolute Gasteiger partial charge is 1.00 e. The standard InChI is InChI=1S/Mg.H2O4S.2H2O.2H/c;1-5(2,3)4;;;;/h;(H2,1,2,3,4);2*1H2;;/q+2;;;;2*-1. The number of hydrogen-bond donors (Lipinski definition) is 2. The van der Waals surface area contributed by atoms with Crippen LogP contribution in [0.5, 0.6) is 0 Å². The van der Waals surface area contributed by atoms with Crippen molar-refractivity contribution in [1.29, 1.82) is 0 Å². The van der Waals surface area contributed by atoms with Gasteiger partial charge in [0.2, 0.25) is 0 Å². The Morgan fingerprint density at radius 2 is 1.12 bits per heavy atom. The molecule has 6 N–H and O–H groups in total. The van der Waals surface area contributed by atoms with Crippen molar-refractivity contribution in [3.8, 4) is 0 Å². The van der Waals surface area contributed by atoms with E-state index in [1.54, 1.807) is 0 Å². The Bertz CT molecular complexity index is 98.9. The van der Waals surface area contributed by atoms with Crippen molar-refractivity contribution in [2.45, 2.75) is 0 Å². The van der Waals surface area contributed by atoms with Crippen LogP contribution >= 0.6 is 0 Å². The third kappa shape index (κ3) is 654. The van der Waals surface area contributed by atoms with Gasteiger partial charge in [0.15, 0.2) is 0 Å². The van der Waals surface area contributed by atoms with Crippen LogP contribution in [0, 0.1) is 0 Å². The maximum absolute atomic E-state index is 8.74. The Balaban J connectivity index is -0.00000000800. The van der Waals surface area contributed by atoms with Gasteiger partial charge >= 0.3 is 33.5 Å². The van der Waals surface area contributed by atoms with Crippen LogP contribution < -0.4 is 0 Å². The summed E-state index contributed by atoms with van der Waals surface area (Å²) in [6.07, 6.45) is 0. The Labute approximate surface area is 65.2 Å². The van der Waals surface area contributed by atoms with Crippen molar-refractivity contribution >= 4 is 33.5 Å². The predicted octanol–water partition coefficient (Wildman–Crippen LogP) is -2.46. The van der Waals surface area contributed by atoms with Crippen molar-refractivity contribution < 1.29 is 31.3 Å². The van der Waals surface area contributed by atoms with Crippen molar-refractivity contribution in [3.05, 3.63) is 0 Å². The van der Waals surface area contributed by atoms with Gasteiger partial charge in [-0.3, -0.25) is 9.11 Å². The topological polar surface area (TPSA) is 138 Å². The molecule has 0 aliphatic heterocycles. The van der Waals surface area contributed by atoms with Crippen LogP contribution in [0.25, 0.3) is 0 Å². The van der Waals surface area contributed by atoms with Gasteiger partial charge in [0.25, 0.3) is 0 Å². The molecular weight excluding hydrogens is 152 g/mol. The van der Waals surface area contributed by atoms with Crippen molar-refractivity contribution in [2.75, 3.05) is 0 Å². The molecule has 0 spiro atoms. The Kier molecular flexibility index (Phi) is 22.2. The second kappa shape index (κ2) is 7.56. The molecule has 8 heteroatoms. The molecule has 8 heavy (non-hydrogen) atoms. The summed E-state index contributed by atoms with van der Waals surface area (Å²) in [4.78, 5) is 0. The van der Waals surface area contributed by atoms with Gasteiger partial charge in [0.05, 0.1) is 0 Å². The van der Waals surface area contributed by atoms with Crippen molar-refractivity contribution in [2.24, 2.45) is 0 Å². The van der Waals surface area contributed by atoms with E-state index < -0.39 is 10.4 Å². The fourth-order valence-electron chi connectivity index (χ4n) is 0. The minimum atomic E-state index is -4.67. The summed E-state index contributed by atoms with van der Waals surface area (Å²) < 4.78 is 31.6. The minimum absolute atomic E-state index is 0. The largest absolute Gasteiger partial charge is 2.00 e. The Morgan fingerprint density at radius 3 is 1.12 bits per heavy atom. The average molecular weight is 160 g/mol. The summed E-state index contributed by atoms with van der Waals surface area (Å²) in [5.74, 6) is 0.